The summed E-state index contributed by atoms with van der Waals surface area (Å²) in [5.41, 5.74) is 4.35. The predicted molar refractivity (Wildman–Crippen MR) is 113 cm³/mol. The molecule has 0 atom stereocenters. The molecule has 2 aromatic heterocycles. The highest BCUT2D eigenvalue weighted by Crippen LogP contribution is 2.32. The van der Waals surface area contributed by atoms with Crippen LogP contribution in [-0.4, -0.2) is 47.0 Å². The van der Waals surface area contributed by atoms with Crippen molar-refractivity contribution >= 4 is 33.8 Å². The van der Waals surface area contributed by atoms with Gasteiger partial charge in [0, 0.05) is 37.1 Å². The van der Waals surface area contributed by atoms with Gasteiger partial charge in [-0.1, -0.05) is 31.2 Å². The Balaban J connectivity index is 1.36. The SMILES string of the molecule is CCc1ccc(C(=O)N2CCN(c3ncnc4c3oc3ccccc34)CC2)cc1. The summed E-state index contributed by atoms with van der Waals surface area (Å²) in [6.45, 7) is 4.84. The summed E-state index contributed by atoms with van der Waals surface area (Å²) >= 11 is 0. The minimum absolute atomic E-state index is 0.0869. The third kappa shape index (κ3) is 3.10. The molecule has 6 nitrogen and oxygen atoms in total. The van der Waals surface area contributed by atoms with Crippen LogP contribution >= 0.6 is 0 Å². The standard InChI is InChI=1S/C23H22N4O2/c1-2-16-7-9-17(10-8-16)23(28)27-13-11-26(12-14-27)22-21-20(24-15-25-22)18-5-3-4-6-19(18)29-21/h3-10,15H,2,11-14H2,1H3. The fourth-order valence-electron chi connectivity index (χ4n) is 3.92. The summed E-state index contributed by atoms with van der Waals surface area (Å²) in [7, 11) is 0. The van der Waals surface area contributed by atoms with Crippen molar-refractivity contribution in [2.45, 2.75) is 13.3 Å². The van der Waals surface area contributed by atoms with Crippen LogP contribution in [0.5, 0.6) is 0 Å². The van der Waals surface area contributed by atoms with E-state index in [1.807, 2.05) is 53.4 Å². The molecule has 6 heteroatoms. The monoisotopic (exact) mass is 386 g/mol. The first kappa shape index (κ1) is 17.7. The number of hydrogen-bond acceptors (Lipinski definition) is 5. The lowest BCUT2D eigenvalue weighted by Gasteiger charge is -2.35. The highest BCUT2D eigenvalue weighted by molar-refractivity contribution is 6.05. The van der Waals surface area contributed by atoms with E-state index in [4.69, 9.17) is 4.42 Å². The Labute approximate surface area is 168 Å². The number of furan rings is 1. The van der Waals surface area contributed by atoms with Crippen molar-refractivity contribution < 1.29 is 9.21 Å². The lowest BCUT2D eigenvalue weighted by Crippen LogP contribution is -2.49. The summed E-state index contributed by atoms with van der Waals surface area (Å²) in [6, 6.07) is 15.8. The Morgan fingerprint density at radius 2 is 1.76 bits per heavy atom. The zero-order valence-electron chi connectivity index (χ0n) is 16.3. The van der Waals surface area contributed by atoms with Gasteiger partial charge < -0.3 is 14.2 Å². The Hall–Kier alpha value is -3.41. The maximum absolute atomic E-state index is 12.8. The van der Waals surface area contributed by atoms with E-state index in [1.165, 1.54) is 5.56 Å². The number of rotatable bonds is 3. The zero-order chi connectivity index (χ0) is 19.8. The molecule has 1 saturated heterocycles. The molecule has 1 aliphatic rings. The number of amides is 1. The minimum Gasteiger partial charge on any atom is -0.450 e. The molecule has 146 valence electrons. The molecule has 4 aromatic rings. The number of fused-ring (bicyclic) bond motifs is 3. The van der Waals surface area contributed by atoms with E-state index in [2.05, 4.69) is 21.8 Å². The van der Waals surface area contributed by atoms with Gasteiger partial charge in [-0.2, -0.15) is 0 Å². The van der Waals surface area contributed by atoms with Crippen molar-refractivity contribution in [1.29, 1.82) is 0 Å². The van der Waals surface area contributed by atoms with Gasteiger partial charge >= 0.3 is 0 Å². The van der Waals surface area contributed by atoms with E-state index in [1.54, 1.807) is 6.33 Å². The smallest absolute Gasteiger partial charge is 0.253 e. The average Bonchev–Trinajstić information content (AvgIpc) is 3.18. The van der Waals surface area contributed by atoms with Gasteiger partial charge in [0.05, 0.1) is 0 Å². The predicted octanol–water partition coefficient (Wildman–Crippen LogP) is 3.90. The average molecular weight is 386 g/mol. The molecule has 1 amide bonds. The van der Waals surface area contributed by atoms with Crippen molar-refractivity contribution in [2.75, 3.05) is 31.1 Å². The van der Waals surface area contributed by atoms with Gasteiger partial charge in [-0.05, 0) is 36.2 Å². The van der Waals surface area contributed by atoms with E-state index in [0.717, 1.165) is 34.3 Å². The van der Waals surface area contributed by atoms with Gasteiger partial charge in [-0.25, -0.2) is 9.97 Å². The molecule has 0 aliphatic carbocycles. The number of benzene rings is 2. The summed E-state index contributed by atoms with van der Waals surface area (Å²) in [5.74, 6) is 0.884. The fraction of sp³-hybridized carbons (Fsp3) is 0.261. The molecule has 0 radical (unpaired) electrons. The van der Waals surface area contributed by atoms with Crippen molar-refractivity contribution in [1.82, 2.24) is 14.9 Å². The van der Waals surface area contributed by atoms with Crippen molar-refractivity contribution in [3.05, 3.63) is 66.0 Å². The summed E-state index contributed by atoms with van der Waals surface area (Å²) in [4.78, 5) is 25.8. The number of hydrogen-bond donors (Lipinski definition) is 0. The van der Waals surface area contributed by atoms with Crippen LogP contribution in [-0.2, 0) is 6.42 Å². The number of carbonyl (C=O) groups excluding carboxylic acids is 1. The number of aryl methyl sites for hydroxylation is 1. The second-order valence-corrected chi connectivity index (χ2v) is 7.30. The van der Waals surface area contributed by atoms with Crippen molar-refractivity contribution in [2.24, 2.45) is 0 Å². The summed E-state index contributed by atoms with van der Waals surface area (Å²) in [6.07, 6.45) is 2.56. The van der Waals surface area contributed by atoms with Gasteiger partial charge in [-0.3, -0.25) is 4.79 Å². The van der Waals surface area contributed by atoms with Crippen LogP contribution in [0.1, 0.15) is 22.8 Å². The topological polar surface area (TPSA) is 62.5 Å². The van der Waals surface area contributed by atoms with E-state index in [0.29, 0.717) is 31.8 Å². The highest BCUT2D eigenvalue weighted by atomic mass is 16.3. The molecule has 1 fully saturated rings. The Kier molecular flexibility index (Phi) is 4.39. The number of aromatic nitrogens is 2. The molecular formula is C23H22N4O2. The van der Waals surface area contributed by atoms with E-state index in [-0.39, 0.29) is 5.91 Å². The first-order valence-electron chi connectivity index (χ1n) is 10.00. The Bertz CT molecular complexity index is 1170. The molecule has 0 N–H and O–H groups in total. The van der Waals surface area contributed by atoms with Crippen LogP contribution in [0.15, 0.2) is 59.3 Å². The van der Waals surface area contributed by atoms with Gasteiger partial charge in [-0.15, -0.1) is 0 Å². The second kappa shape index (κ2) is 7.20. The normalized spacial score (nSPS) is 14.7. The maximum Gasteiger partial charge on any atom is 0.253 e. The van der Waals surface area contributed by atoms with Gasteiger partial charge in [0.2, 0.25) is 0 Å². The first-order chi connectivity index (χ1) is 14.2. The van der Waals surface area contributed by atoms with Crippen LogP contribution in [0.4, 0.5) is 5.82 Å². The minimum atomic E-state index is 0.0869. The fourth-order valence-corrected chi connectivity index (χ4v) is 3.92. The van der Waals surface area contributed by atoms with Crippen LogP contribution < -0.4 is 4.90 Å². The van der Waals surface area contributed by atoms with E-state index in [9.17, 15) is 4.79 Å². The molecule has 5 rings (SSSR count). The lowest BCUT2D eigenvalue weighted by molar-refractivity contribution is 0.0746. The van der Waals surface area contributed by atoms with Crippen molar-refractivity contribution in [3.63, 3.8) is 0 Å². The number of anilines is 1. The molecule has 2 aromatic carbocycles. The molecule has 0 unspecified atom stereocenters. The van der Waals surface area contributed by atoms with Crippen LogP contribution in [0.2, 0.25) is 0 Å². The molecule has 0 spiro atoms. The zero-order valence-corrected chi connectivity index (χ0v) is 16.3. The quantitative estimate of drug-likeness (QED) is 0.534. The molecule has 1 aliphatic heterocycles. The number of para-hydroxylation sites is 1. The number of carbonyl (C=O) groups is 1. The molecular weight excluding hydrogens is 364 g/mol. The lowest BCUT2D eigenvalue weighted by atomic mass is 10.1. The van der Waals surface area contributed by atoms with Gasteiger partial charge in [0.25, 0.3) is 5.91 Å². The van der Waals surface area contributed by atoms with Crippen LogP contribution in [0.25, 0.3) is 22.1 Å². The molecule has 3 heterocycles. The molecule has 0 saturated carbocycles. The summed E-state index contributed by atoms with van der Waals surface area (Å²) < 4.78 is 6.05. The Morgan fingerprint density at radius 3 is 2.52 bits per heavy atom. The third-order valence-electron chi connectivity index (χ3n) is 5.61. The van der Waals surface area contributed by atoms with Crippen molar-refractivity contribution in [3.8, 4) is 0 Å². The van der Waals surface area contributed by atoms with E-state index < -0.39 is 0 Å². The maximum atomic E-state index is 12.8. The second-order valence-electron chi connectivity index (χ2n) is 7.30. The number of nitrogens with zero attached hydrogens (tertiary/aromatic N) is 4. The van der Waals surface area contributed by atoms with Crippen LogP contribution in [0, 0.1) is 0 Å². The largest absolute Gasteiger partial charge is 0.450 e. The van der Waals surface area contributed by atoms with E-state index >= 15 is 0 Å². The Morgan fingerprint density at radius 1 is 1.00 bits per heavy atom. The van der Waals surface area contributed by atoms with Crippen LogP contribution in [0.3, 0.4) is 0 Å². The molecule has 29 heavy (non-hydrogen) atoms. The van der Waals surface area contributed by atoms with Gasteiger partial charge in [0.15, 0.2) is 11.4 Å². The first-order valence-corrected chi connectivity index (χ1v) is 10.00. The summed E-state index contributed by atoms with van der Waals surface area (Å²) in [5, 5.41) is 0.996. The molecule has 0 bridgehead atoms. The van der Waals surface area contributed by atoms with Gasteiger partial charge in [0.1, 0.15) is 17.4 Å². The highest BCUT2D eigenvalue weighted by Gasteiger charge is 2.25. The number of piperazine rings is 1. The third-order valence-corrected chi connectivity index (χ3v) is 5.61.